The third-order valence-electron chi connectivity index (χ3n) is 3.53. The van der Waals surface area contributed by atoms with Crippen LogP contribution in [0.4, 0.5) is 5.69 Å². The molecule has 98 valence electrons. The van der Waals surface area contributed by atoms with Gasteiger partial charge >= 0.3 is 0 Å². The number of nitrogens with two attached hydrogens (primary N) is 1. The van der Waals surface area contributed by atoms with Crippen molar-refractivity contribution in [3.8, 4) is 0 Å². The number of rotatable bonds is 5. The van der Waals surface area contributed by atoms with Gasteiger partial charge in [0.1, 0.15) is 11.0 Å². The molecule has 2 rings (SSSR count). The maximum Gasteiger partial charge on any atom is 0.174 e. The molecule has 1 atom stereocenters. The van der Waals surface area contributed by atoms with Gasteiger partial charge in [0, 0.05) is 18.8 Å². The van der Waals surface area contributed by atoms with Gasteiger partial charge in [0.25, 0.3) is 0 Å². The SMILES string of the molecule is CCCB(C)c1ccc(N)cc1S(=O)N1CCC1. The van der Waals surface area contributed by atoms with Crippen molar-refractivity contribution in [1.82, 2.24) is 4.31 Å². The van der Waals surface area contributed by atoms with Crippen molar-refractivity contribution < 1.29 is 4.21 Å². The zero-order valence-corrected chi connectivity index (χ0v) is 12.0. The smallest absolute Gasteiger partial charge is 0.174 e. The van der Waals surface area contributed by atoms with Crippen molar-refractivity contribution in [2.75, 3.05) is 18.8 Å². The van der Waals surface area contributed by atoms with Crippen LogP contribution >= 0.6 is 0 Å². The maximum atomic E-state index is 12.5. The zero-order valence-electron chi connectivity index (χ0n) is 11.2. The number of hydrogen-bond acceptors (Lipinski definition) is 2. The Bertz CT molecular complexity index is 449. The lowest BCUT2D eigenvalue weighted by molar-refractivity contribution is 0.328. The quantitative estimate of drug-likeness (QED) is 0.650. The van der Waals surface area contributed by atoms with Crippen LogP contribution in [0.3, 0.4) is 0 Å². The molecule has 1 aliphatic rings. The first-order valence-electron chi connectivity index (χ1n) is 6.69. The van der Waals surface area contributed by atoms with Crippen LogP contribution in [0, 0.1) is 0 Å². The summed E-state index contributed by atoms with van der Waals surface area (Å²) in [5.74, 6) is 0. The molecule has 5 heteroatoms. The lowest BCUT2D eigenvalue weighted by Gasteiger charge is -2.30. The molecule has 3 nitrogen and oxygen atoms in total. The summed E-state index contributed by atoms with van der Waals surface area (Å²) in [5.41, 5.74) is 7.74. The lowest BCUT2D eigenvalue weighted by atomic mass is 9.44. The van der Waals surface area contributed by atoms with Crippen LogP contribution in [-0.4, -0.2) is 28.3 Å². The summed E-state index contributed by atoms with van der Waals surface area (Å²) >= 11 is 0. The second kappa shape index (κ2) is 5.89. The molecule has 1 unspecified atom stereocenters. The van der Waals surface area contributed by atoms with Crippen LogP contribution in [0.25, 0.3) is 0 Å². The van der Waals surface area contributed by atoms with E-state index in [2.05, 4.69) is 13.7 Å². The van der Waals surface area contributed by atoms with E-state index in [1.165, 1.54) is 5.46 Å². The van der Waals surface area contributed by atoms with Gasteiger partial charge in [-0.25, -0.2) is 8.51 Å². The van der Waals surface area contributed by atoms with Gasteiger partial charge in [0.05, 0.1) is 4.90 Å². The van der Waals surface area contributed by atoms with Gasteiger partial charge in [-0.1, -0.05) is 38.0 Å². The van der Waals surface area contributed by atoms with E-state index in [0.29, 0.717) is 12.4 Å². The first kappa shape index (κ1) is 13.6. The van der Waals surface area contributed by atoms with E-state index >= 15 is 0 Å². The summed E-state index contributed by atoms with van der Waals surface area (Å²) in [5, 5.41) is 0. The number of hydrogen-bond donors (Lipinski definition) is 1. The molecule has 1 aromatic rings. The minimum absolute atomic E-state index is 0.441. The highest BCUT2D eigenvalue weighted by atomic mass is 32.2. The van der Waals surface area contributed by atoms with E-state index < -0.39 is 11.0 Å². The fourth-order valence-corrected chi connectivity index (χ4v) is 3.87. The molecule has 0 saturated carbocycles. The Balaban J connectivity index is 2.30. The molecule has 0 amide bonds. The van der Waals surface area contributed by atoms with Crippen LogP contribution in [0.15, 0.2) is 23.1 Å². The summed E-state index contributed by atoms with van der Waals surface area (Å²) in [6, 6.07) is 5.84. The summed E-state index contributed by atoms with van der Waals surface area (Å²) in [4.78, 5) is 0.913. The van der Waals surface area contributed by atoms with Gasteiger partial charge in [-0.05, 0) is 18.6 Å². The van der Waals surface area contributed by atoms with Gasteiger partial charge in [0.15, 0.2) is 6.71 Å². The number of anilines is 1. The monoisotopic (exact) mass is 264 g/mol. The third-order valence-corrected chi connectivity index (χ3v) is 5.09. The molecule has 0 aromatic heterocycles. The van der Waals surface area contributed by atoms with Gasteiger partial charge in [-0.2, -0.15) is 0 Å². The van der Waals surface area contributed by atoms with Crippen LogP contribution in [0.5, 0.6) is 0 Å². The standard InChI is InChI=1S/C13H21BN2OS/c1-3-7-14(2)12-6-5-11(15)10-13(12)18(17)16-8-4-9-16/h5-6,10H,3-4,7-9,15H2,1-2H3. The highest BCUT2D eigenvalue weighted by Crippen LogP contribution is 2.19. The number of benzene rings is 1. The predicted octanol–water partition coefficient (Wildman–Crippen LogP) is 1.74. The van der Waals surface area contributed by atoms with E-state index in [9.17, 15) is 4.21 Å². The average molecular weight is 264 g/mol. The minimum atomic E-state index is -1.03. The highest BCUT2D eigenvalue weighted by Gasteiger charge is 2.25. The Hall–Kier alpha value is -0.805. The number of nitrogen functional groups attached to an aromatic ring is 1. The van der Waals surface area contributed by atoms with E-state index in [1.807, 2.05) is 22.5 Å². The van der Waals surface area contributed by atoms with Crippen LogP contribution in [0.1, 0.15) is 19.8 Å². The van der Waals surface area contributed by atoms with Crippen molar-refractivity contribution in [3.05, 3.63) is 18.2 Å². The van der Waals surface area contributed by atoms with E-state index in [-0.39, 0.29) is 0 Å². The Labute approximate surface area is 112 Å². The van der Waals surface area contributed by atoms with Gasteiger partial charge in [-0.3, -0.25) is 0 Å². The molecule has 1 fully saturated rings. The lowest BCUT2D eigenvalue weighted by Crippen LogP contribution is -2.41. The molecule has 18 heavy (non-hydrogen) atoms. The molecule has 0 radical (unpaired) electrons. The molecule has 1 heterocycles. The van der Waals surface area contributed by atoms with E-state index in [4.69, 9.17) is 5.73 Å². The molecule has 0 bridgehead atoms. The normalized spacial score (nSPS) is 17.2. The molecule has 0 spiro atoms. The second-order valence-electron chi connectivity index (χ2n) is 5.02. The average Bonchev–Trinajstić information content (AvgIpc) is 2.26. The summed E-state index contributed by atoms with van der Waals surface area (Å²) in [7, 11) is -1.03. The van der Waals surface area contributed by atoms with Crippen molar-refractivity contribution in [2.45, 2.75) is 37.8 Å². The molecule has 1 aromatic carbocycles. The summed E-state index contributed by atoms with van der Waals surface area (Å²) < 4.78 is 14.5. The van der Waals surface area contributed by atoms with Gasteiger partial charge in [0.2, 0.25) is 0 Å². The Morgan fingerprint density at radius 2 is 2.17 bits per heavy atom. The molecule has 1 aliphatic heterocycles. The fourth-order valence-electron chi connectivity index (χ4n) is 2.29. The van der Waals surface area contributed by atoms with Crippen LogP contribution in [0.2, 0.25) is 13.1 Å². The van der Waals surface area contributed by atoms with Crippen molar-refractivity contribution in [3.63, 3.8) is 0 Å². The predicted molar refractivity (Wildman–Crippen MR) is 79.8 cm³/mol. The van der Waals surface area contributed by atoms with Crippen molar-refractivity contribution in [2.24, 2.45) is 0 Å². The van der Waals surface area contributed by atoms with Crippen molar-refractivity contribution >= 4 is 28.8 Å². The van der Waals surface area contributed by atoms with Gasteiger partial charge in [-0.15, -0.1) is 0 Å². The Kier molecular flexibility index (Phi) is 4.46. The Morgan fingerprint density at radius 1 is 1.44 bits per heavy atom. The van der Waals surface area contributed by atoms with Crippen molar-refractivity contribution in [1.29, 1.82) is 0 Å². The Morgan fingerprint density at radius 3 is 2.72 bits per heavy atom. The highest BCUT2D eigenvalue weighted by molar-refractivity contribution is 7.83. The third kappa shape index (κ3) is 2.78. The minimum Gasteiger partial charge on any atom is -0.399 e. The van der Waals surface area contributed by atoms with Crippen LogP contribution in [-0.2, 0) is 11.0 Å². The van der Waals surface area contributed by atoms with Crippen LogP contribution < -0.4 is 11.2 Å². The van der Waals surface area contributed by atoms with Gasteiger partial charge < -0.3 is 5.73 Å². The molecule has 2 N–H and O–H groups in total. The fraction of sp³-hybridized carbons (Fsp3) is 0.538. The second-order valence-corrected chi connectivity index (χ2v) is 6.47. The first-order valence-corrected chi connectivity index (χ1v) is 7.80. The maximum absolute atomic E-state index is 12.5. The molecule has 1 saturated heterocycles. The molecular weight excluding hydrogens is 243 g/mol. The topological polar surface area (TPSA) is 46.3 Å². The largest absolute Gasteiger partial charge is 0.399 e. The number of nitrogens with zero attached hydrogens (tertiary/aromatic N) is 1. The molecule has 0 aliphatic carbocycles. The summed E-state index contributed by atoms with van der Waals surface area (Å²) in [6.07, 6.45) is 3.41. The zero-order chi connectivity index (χ0) is 13.1. The summed E-state index contributed by atoms with van der Waals surface area (Å²) in [6.45, 7) is 6.69. The van der Waals surface area contributed by atoms with E-state index in [0.717, 1.165) is 37.1 Å². The van der Waals surface area contributed by atoms with E-state index in [1.54, 1.807) is 0 Å². The first-order chi connectivity index (χ1) is 8.63. The molecular formula is C13H21BN2OS.